The topological polar surface area (TPSA) is 17.1 Å². The summed E-state index contributed by atoms with van der Waals surface area (Å²) in [4.78, 5) is 10.5. The lowest BCUT2D eigenvalue weighted by Gasteiger charge is -2.17. The van der Waals surface area contributed by atoms with Gasteiger partial charge < -0.3 is 0 Å². The summed E-state index contributed by atoms with van der Waals surface area (Å²) >= 11 is 5.29. The van der Waals surface area contributed by atoms with Crippen LogP contribution < -0.4 is 0 Å². The highest BCUT2D eigenvalue weighted by molar-refractivity contribution is 6.63. The number of fused-ring (bicyclic) bond motifs is 2. The van der Waals surface area contributed by atoms with Crippen LogP contribution in [-0.4, -0.2) is 5.24 Å². The minimum atomic E-state index is -0.183. The molecule has 0 saturated heterocycles. The first-order chi connectivity index (χ1) is 6.75. The van der Waals surface area contributed by atoms with E-state index in [-0.39, 0.29) is 5.24 Å². The summed E-state index contributed by atoms with van der Waals surface area (Å²) in [6.07, 6.45) is 11.5. The molecule has 14 heavy (non-hydrogen) atoms. The van der Waals surface area contributed by atoms with Gasteiger partial charge in [0.2, 0.25) is 5.24 Å². The van der Waals surface area contributed by atoms with Crippen molar-refractivity contribution >= 4 is 16.8 Å². The van der Waals surface area contributed by atoms with Crippen LogP contribution in [0.5, 0.6) is 0 Å². The maximum Gasteiger partial charge on any atom is 0.221 e. The largest absolute Gasteiger partial charge is 0.281 e. The van der Waals surface area contributed by atoms with Gasteiger partial charge in [-0.15, -0.1) is 0 Å². The highest BCUT2D eigenvalue weighted by Crippen LogP contribution is 2.45. The number of unbranched alkanes of at least 4 members (excludes halogenated alkanes) is 1. The Labute approximate surface area is 90.5 Å². The Hall–Kier alpha value is -0.300. The highest BCUT2D eigenvalue weighted by atomic mass is 35.5. The van der Waals surface area contributed by atoms with Crippen LogP contribution >= 0.6 is 11.6 Å². The van der Waals surface area contributed by atoms with Gasteiger partial charge in [-0.3, -0.25) is 4.79 Å². The number of allylic oxidation sites excluding steroid dienone is 2. The van der Waals surface area contributed by atoms with Gasteiger partial charge in [0, 0.05) is 6.42 Å². The predicted molar refractivity (Wildman–Crippen MR) is 58.2 cm³/mol. The number of rotatable bonds is 5. The van der Waals surface area contributed by atoms with E-state index in [1.54, 1.807) is 0 Å². The second-order valence-corrected chi connectivity index (χ2v) is 5.06. The molecule has 0 amide bonds. The molecule has 0 aromatic carbocycles. The highest BCUT2D eigenvalue weighted by Gasteiger charge is 2.34. The number of carbonyl (C=O) groups is 1. The maximum absolute atomic E-state index is 10.5. The molecule has 78 valence electrons. The van der Waals surface area contributed by atoms with Crippen molar-refractivity contribution in [3.05, 3.63) is 12.2 Å². The quantitative estimate of drug-likeness (QED) is 0.387. The standard InChI is InChI=1S/C12H17ClO/c13-12(14)4-2-1-3-10-7-9-5-6-11(10)8-9/h5-6,9-11H,1-4,7-8H2. The van der Waals surface area contributed by atoms with E-state index in [1.807, 2.05) is 0 Å². The number of hydrogen-bond acceptors (Lipinski definition) is 1. The zero-order valence-electron chi connectivity index (χ0n) is 8.42. The van der Waals surface area contributed by atoms with Crippen molar-refractivity contribution in [1.29, 1.82) is 0 Å². The fourth-order valence-corrected chi connectivity index (χ4v) is 3.03. The van der Waals surface area contributed by atoms with Gasteiger partial charge in [0.15, 0.2) is 0 Å². The molecule has 0 aromatic heterocycles. The molecule has 2 aliphatic carbocycles. The Morgan fingerprint density at radius 3 is 2.71 bits per heavy atom. The third-order valence-electron chi connectivity index (χ3n) is 3.61. The summed E-state index contributed by atoms with van der Waals surface area (Å²) in [6.45, 7) is 0. The molecule has 3 unspecified atom stereocenters. The molecule has 0 aliphatic heterocycles. The van der Waals surface area contributed by atoms with Crippen molar-refractivity contribution in [3.8, 4) is 0 Å². The number of hydrogen-bond donors (Lipinski definition) is 0. The molecule has 0 heterocycles. The smallest absolute Gasteiger partial charge is 0.221 e. The molecule has 2 heteroatoms. The second-order valence-electron chi connectivity index (χ2n) is 4.64. The zero-order chi connectivity index (χ0) is 9.97. The van der Waals surface area contributed by atoms with E-state index in [9.17, 15) is 4.79 Å². The van der Waals surface area contributed by atoms with Crippen molar-refractivity contribution in [3.63, 3.8) is 0 Å². The van der Waals surface area contributed by atoms with Crippen LogP contribution in [-0.2, 0) is 4.79 Å². The fraction of sp³-hybridized carbons (Fsp3) is 0.750. The molecule has 2 bridgehead atoms. The van der Waals surface area contributed by atoms with E-state index < -0.39 is 0 Å². The van der Waals surface area contributed by atoms with E-state index in [4.69, 9.17) is 11.6 Å². The maximum atomic E-state index is 10.5. The summed E-state index contributed by atoms with van der Waals surface area (Å²) in [5.41, 5.74) is 0. The van der Waals surface area contributed by atoms with Crippen LogP contribution in [0, 0.1) is 17.8 Å². The first-order valence-corrected chi connectivity index (χ1v) is 6.00. The summed E-state index contributed by atoms with van der Waals surface area (Å²) in [6, 6.07) is 0. The van der Waals surface area contributed by atoms with Crippen LogP contribution in [0.4, 0.5) is 0 Å². The van der Waals surface area contributed by atoms with E-state index in [0.29, 0.717) is 6.42 Å². The lowest BCUT2D eigenvalue weighted by Crippen LogP contribution is -2.06. The van der Waals surface area contributed by atoms with Crippen LogP contribution in [0.25, 0.3) is 0 Å². The molecule has 2 aliphatic rings. The molecular formula is C12H17ClO. The molecular weight excluding hydrogens is 196 g/mol. The molecule has 2 rings (SSSR count). The van der Waals surface area contributed by atoms with E-state index in [0.717, 1.165) is 24.2 Å². The van der Waals surface area contributed by atoms with Gasteiger partial charge in [-0.1, -0.05) is 18.6 Å². The molecule has 0 N–H and O–H groups in total. The van der Waals surface area contributed by atoms with Crippen LogP contribution in [0.3, 0.4) is 0 Å². The normalized spacial score (nSPS) is 33.9. The predicted octanol–water partition coefficient (Wildman–Crippen LogP) is 3.52. The first-order valence-electron chi connectivity index (χ1n) is 5.62. The van der Waals surface area contributed by atoms with Crippen molar-refractivity contribution in [2.45, 2.75) is 38.5 Å². The Morgan fingerprint density at radius 2 is 2.14 bits per heavy atom. The minimum absolute atomic E-state index is 0.183. The van der Waals surface area contributed by atoms with Gasteiger partial charge in [-0.2, -0.15) is 0 Å². The van der Waals surface area contributed by atoms with Crippen molar-refractivity contribution in [1.82, 2.24) is 0 Å². The average Bonchev–Trinajstić information content (AvgIpc) is 2.73. The molecule has 3 atom stereocenters. The van der Waals surface area contributed by atoms with E-state index >= 15 is 0 Å². The minimum Gasteiger partial charge on any atom is -0.281 e. The lowest BCUT2D eigenvalue weighted by molar-refractivity contribution is -0.111. The lowest BCUT2D eigenvalue weighted by atomic mass is 9.89. The molecule has 1 nitrogen and oxygen atoms in total. The van der Waals surface area contributed by atoms with Gasteiger partial charge in [0.05, 0.1) is 0 Å². The van der Waals surface area contributed by atoms with Crippen LogP contribution in [0.1, 0.15) is 38.5 Å². The van der Waals surface area contributed by atoms with Gasteiger partial charge in [-0.05, 0) is 55.0 Å². The summed E-state index contributed by atoms with van der Waals surface area (Å²) < 4.78 is 0. The first kappa shape index (κ1) is 10.2. The van der Waals surface area contributed by atoms with E-state index in [2.05, 4.69) is 12.2 Å². The van der Waals surface area contributed by atoms with Crippen molar-refractivity contribution < 1.29 is 4.79 Å². The number of halogens is 1. The van der Waals surface area contributed by atoms with E-state index in [1.165, 1.54) is 25.7 Å². The van der Waals surface area contributed by atoms with Gasteiger partial charge in [-0.25, -0.2) is 0 Å². The SMILES string of the molecule is O=C(Cl)CCCCC1CC2C=CC1C2. The van der Waals surface area contributed by atoms with Crippen LogP contribution in [0.2, 0.25) is 0 Å². The summed E-state index contributed by atoms with van der Waals surface area (Å²) in [7, 11) is 0. The molecule has 0 radical (unpaired) electrons. The third-order valence-corrected chi connectivity index (χ3v) is 3.80. The Bertz CT molecular complexity index is 247. The van der Waals surface area contributed by atoms with Crippen molar-refractivity contribution in [2.75, 3.05) is 0 Å². The molecule has 1 saturated carbocycles. The summed E-state index contributed by atoms with van der Waals surface area (Å²) in [5, 5.41) is -0.183. The molecule has 0 spiro atoms. The van der Waals surface area contributed by atoms with Crippen LogP contribution in [0.15, 0.2) is 12.2 Å². The Morgan fingerprint density at radius 1 is 1.29 bits per heavy atom. The second kappa shape index (κ2) is 4.48. The molecule has 1 fully saturated rings. The third kappa shape index (κ3) is 2.38. The zero-order valence-corrected chi connectivity index (χ0v) is 9.17. The Kier molecular flexibility index (Phi) is 3.27. The van der Waals surface area contributed by atoms with Gasteiger partial charge >= 0.3 is 0 Å². The van der Waals surface area contributed by atoms with Gasteiger partial charge in [0.1, 0.15) is 0 Å². The monoisotopic (exact) mass is 212 g/mol. The summed E-state index contributed by atoms with van der Waals surface area (Å²) in [5.74, 6) is 2.63. The Balaban J connectivity index is 1.63. The van der Waals surface area contributed by atoms with Crippen molar-refractivity contribution in [2.24, 2.45) is 17.8 Å². The molecule has 0 aromatic rings. The number of carbonyl (C=O) groups excluding carboxylic acids is 1. The van der Waals surface area contributed by atoms with Gasteiger partial charge in [0.25, 0.3) is 0 Å². The average molecular weight is 213 g/mol. The fourth-order valence-electron chi connectivity index (χ4n) is 2.90.